The number of aromatic nitrogens is 1. The van der Waals surface area contributed by atoms with Gasteiger partial charge in [-0.1, -0.05) is 0 Å². The smallest absolute Gasteiger partial charge is 0.208 e. The molecule has 3 rings (SSSR count). The maximum absolute atomic E-state index is 5.81. The molecule has 2 aliphatic heterocycles. The summed E-state index contributed by atoms with van der Waals surface area (Å²) in [5, 5.41) is 0. The van der Waals surface area contributed by atoms with Gasteiger partial charge in [-0.25, -0.2) is 4.98 Å². The van der Waals surface area contributed by atoms with E-state index in [4.69, 9.17) is 9.15 Å². The van der Waals surface area contributed by atoms with Gasteiger partial charge in [-0.05, 0) is 38.9 Å². The minimum absolute atomic E-state index is 0.401. The number of aryl methyl sites for hydroxylation is 2. The van der Waals surface area contributed by atoms with E-state index < -0.39 is 0 Å². The minimum atomic E-state index is 0.401. The van der Waals surface area contributed by atoms with Crippen LogP contribution in [-0.4, -0.2) is 46.7 Å². The maximum Gasteiger partial charge on any atom is 0.208 e. The molecule has 2 atom stereocenters. The lowest BCUT2D eigenvalue weighted by Gasteiger charge is -2.29. The van der Waals surface area contributed by atoms with E-state index in [0.717, 1.165) is 37.0 Å². The van der Waals surface area contributed by atoms with Gasteiger partial charge in [-0.3, -0.25) is 4.90 Å². The number of nitrogens with zero attached hydrogens (tertiary/aromatic N) is 2. The second-order valence-electron chi connectivity index (χ2n) is 5.83. The van der Waals surface area contributed by atoms with Crippen LogP contribution in [0.15, 0.2) is 4.42 Å². The SMILES string of the molecule is Cc1nc(CN(CC2CCCO2)C2CCSC2)oc1C. The van der Waals surface area contributed by atoms with Gasteiger partial charge >= 0.3 is 0 Å². The van der Waals surface area contributed by atoms with Crippen molar-refractivity contribution in [1.82, 2.24) is 9.88 Å². The van der Waals surface area contributed by atoms with Crippen molar-refractivity contribution in [3.63, 3.8) is 0 Å². The first kappa shape index (κ1) is 14.4. The van der Waals surface area contributed by atoms with Crippen LogP contribution < -0.4 is 0 Å². The normalized spacial score (nSPS) is 26.8. The molecule has 2 unspecified atom stereocenters. The van der Waals surface area contributed by atoms with E-state index >= 15 is 0 Å². The highest BCUT2D eigenvalue weighted by atomic mass is 32.2. The highest BCUT2D eigenvalue weighted by Crippen LogP contribution is 2.26. The minimum Gasteiger partial charge on any atom is -0.444 e. The fraction of sp³-hybridized carbons (Fsp3) is 0.800. The zero-order valence-electron chi connectivity index (χ0n) is 12.4. The van der Waals surface area contributed by atoms with Gasteiger partial charge in [0.25, 0.3) is 0 Å². The summed E-state index contributed by atoms with van der Waals surface area (Å²) >= 11 is 2.05. The molecule has 2 aliphatic rings. The molecule has 112 valence electrons. The van der Waals surface area contributed by atoms with Crippen LogP contribution in [-0.2, 0) is 11.3 Å². The molecule has 0 aliphatic carbocycles. The van der Waals surface area contributed by atoms with Crippen molar-refractivity contribution in [2.45, 2.75) is 51.8 Å². The Kier molecular flexibility index (Phi) is 4.68. The molecule has 0 aromatic carbocycles. The van der Waals surface area contributed by atoms with Crippen LogP contribution in [0.4, 0.5) is 0 Å². The maximum atomic E-state index is 5.81. The Morgan fingerprint density at radius 2 is 2.25 bits per heavy atom. The Bertz CT molecular complexity index is 418. The molecule has 1 aromatic heterocycles. The number of oxazole rings is 1. The van der Waals surface area contributed by atoms with Gasteiger partial charge in [0.1, 0.15) is 5.76 Å². The summed E-state index contributed by atoms with van der Waals surface area (Å²) in [5.41, 5.74) is 1.01. The molecule has 4 nitrogen and oxygen atoms in total. The summed E-state index contributed by atoms with van der Waals surface area (Å²) in [4.78, 5) is 7.07. The lowest BCUT2D eigenvalue weighted by Crippen LogP contribution is -2.40. The van der Waals surface area contributed by atoms with Crippen molar-refractivity contribution in [2.24, 2.45) is 0 Å². The molecule has 1 aromatic rings. The van der Waals surface area contributed by atoms with Crippen molar-refractivity contribution in [3.8, 4) is 0 Å². The Balaban J connectivity index is 1.67. The topological polar surface area (TPSA) is 38.5 Å². The lowest BCUT2D eigenvalue weighted by atomic mass is 10.1. The first-order chi connectivity index (χ1) is 9.72. The highest BCUT2D eigenvalue weighted by molar-refractivity contribution is 7.99. The van der Waals surface area contributed by atoms with Crippen LogP contribution in [0.2, 0.25) is 0 Å². The molecule has 2 fully saturated rings. The Morgan fingerprint density at radius 3 is 2.85 bits per heavy atom. The molecular formula is C15H24N2O2S. The third-order valence-electron chi connectivity index (χ3n) is 4.30. The molecular weight excluding hydrogens is 272 g/mol. The Labute approximate surface area is 125 Å². The molecule has 2 saturated heterocycles. The van der Waals surface area contributed by atoms with E-state index in [1.54, 1.807) is 0 Å². The van der Waals surface area contributed by atoms with Crippen LogP contribution in [0.5, 0.6) is 0 Å². The van der Waals surface area contributed by atoms with E-state index in [2.05, 4.69) is 21.6 Å². The zero-order valence-corrected chi connectivity index (χ0v) is 13.2. The van der Waals surface area contributed by atoms with Gasteiger partial charge in [0.15, 0.2) is 0 Å². The average Bonchev–Trinajstić information content (AvgIpc) is 3.13. The monoisotopic (exact) mass is 296 g/mol. The van der Waals surface area contributed by atoms with E-state index in [0.29, 0.717) is 12.1 Å². The third-order valence-corrected chi connectivity index (χ3v) is 5.44. The first-order valence-corrected chi connectivity index (χ1v) is 8.74. The number of hydrogen-bond acceptors (Lipinski definition) is 5. The van der Waals surface area contributed by atoms with Gasteiger partial charge in [0.2, 0.25) is 5.89 Å². The summed E-state index contributed by atoms with van der Waals surface area (Å²) in [6, 6.07) is 0.650. The molecule has 0 N–H and O–H groups in total. The van der Waals surface area contributed by atoms with Crippen LogP contribution >= 0.6 is 11.8 Å². The number of ether oxygens (including phenoxy) is 1. The van der Waals surface area contributed by atoms with Crippen molar-refractivity contribution in [2.75, 3.05) is 24.7 Å². The fourth-order valence-corrected chi connectivity index (χ4v) is 4.24. The molecule has 0 radical (unpaired) electrons. The third kappa shape index (κ3) is 3.38. The summed E-state index contributed by atoms with van der Waals surface area (Å²) < 4.78 is 11.6. The number of thioether (sulfide) groups is 1. The molecule has 0 spiro atoms. The van der Waals surface area contributed by atoms with Crippen molar-refractivity contribution >= 4 is 11.8 Å². The highest BCUT2D eigenvalue weighted by Gasteiger charge is 2.28. The molecule has 5 heteroatoms. The number of rotatable bonds is 5. The second kappa shape index (κ2) is 6.50. The predicted octanol–water partition coefficient (Wildman–Crippen LogP) is 2.78. The standard InChI is InChI=1S/C15H24N2O2S/c1-11-12(2)19-15(16-11)9-17(13-5-7-20-10-13)8-14-4-3-6-18-14/h13-14H,3-10H2,1-2H3. The van der Waals surface area contributed by atoms with Crippen LogP contribution in [0.1, 0.15) is 36.6 Å². The van der Waals surface area contributed by atoms with Crippen molar-refractivity contribution in [1.29, 1.82) is 0 Å². The lowest BCUT2D eigenvalue weighted by molar-refractivity contribution is 0.0538. The van der Waals surface area contributed by atoms with Crippen LogP contribution in [0.3, 0.4) is 0 Å². The Morgan fingerprint density at radius 1 is 1.35 bits per heavy atom. The van der Waals surface area contributed by atoms with Gasteiger partial charge < -0.3 is 9.15 Å². The Hall–Kier alpha value is -0.520. The molecule has 3 heterocycles. The van der Waals surface area contributed by atoms with Crippen LogP contribution in [0, 0.1) is 13.8 Å². The molecule has 20 heavy (non-hydrogen) atoms. The van der Waals surface area contributed by atoms with Crippen LogP contribution in [0.25, 0.3) is 0 Å². The second-order valence-corrected chi connectivity index (χ2v) is 6.98. The van der Waals surface area contributed by atoms with E-state index in [1.165, 1.54) is 30.8 Å². The summed E-state index contributed by atoms with van der Waals surface area (Å²) in [6.45, 7) is 6.76. The van der Waals surface area contributed by atoms with E-state index in [9.17, 15) is 0 Å². The summed E-state index contributed by atoms with van der Waals surface area (Å²) in [6.07, 6.45) is 4.07. The summed E-state index contributed by atoms with van der Waals surface area (Å²) in [7, 11) is 0. The largest absolute Gasteiger partial charge is 0.444 e. The fourth-order valence-electron chi connectivity index (χ4n) is 2.98. The van der Waals surface area contributed by atoms with Crippen molar-refractivity contribution < 1.29 is 9.15 Å². The van der Waals surface area contributed by atoms with E-state index in [1.807, 2.05) is 13.8 Å². The molecule has 0 bridgehead atoms. The molecule has 0 amide bonds. The zero-order chi connectivity index (χ0) is 13.9. The van der Waals surface area contributed by atoms with Gasteiger partial charge in [0.05, 0.1) is 18.3 Å². The molecule has 0 saturated carbocycles. The first-order valence-electron chi connectivity index (χ1n) is 7.58. The predicted molar refractivity (Wildman–Crippen MR) is 81.1 cm³/mol. The quantitative estimate of drug-likeness (QED) is 0.835. The summed E-state index contributed by atoms with van der Waals surface area (Å²) in [5.74, 6) is 4.30. The van der Waals surface area contributed by atoms with Gasteiger partial charge in [-0.15, -0.1) is 0 Å². The van der Waals surface area contributed by atoms with Crippen molar-refractivity contribution in [3.05, 3.63) is 17.3 Å². The number of hydrogen-bond donors (Lipinski definition) is 0. The van der Waals surface area contributed by atoms with E-state index in [-0.39, 0.29) is 0 Å². The van der Waals surface area contributed by atoms with Gasteiger partial charge in [0, 0.05) is 24.9 Å². The van der Waals surface area contributed by atoms with Gasteiger partial charge in [-0.2, -0.15) is 11.8 Å². The average molecular weight is 296 g/mol.